The summed E-state index contributed by atoms with van der Waals surface area (Å²) in [7, 11) is 0. The number of rotatable bonds is 3. The molecule has 9 heteroatoms. The Morgan fingerprint density at radius 1 is 0.500 bits per heavy atom. The summed E-state index contributed by atoms with van der Waals surface area (Å²) in [5.41, 5.74) is 14.7. The fraction of sp³-hybridized carbons (Fsp3) is 0.0164. The van der Waals surface area contributed by atoms with E-state index < -0.39 is 5.41 Å². The summed E-state index contributed by atoms with van der Waals surface area (Å²) >= 11 is 1.79. The third-order valence-corrected chi connectivity index (χ3v) is 15.6. The number of hydrogen-bond donors (Lipinski definition) is 0. The molecular weight excluding hydrogens is 879 g/mol. The number of pyridine rings is 2. The van der Waals surface area contributed by atoms with E-state index in [1.165, 1.54) is 9.79 Å². The molecule has 1 atom stereocenters. The molecule has 4 aromatic heterocycles. The van der Waals surface area contributed by atoms with E-state index in [0.29, 0.717) is 11.3 Å². The smallest absolute Gasteiger partial charge is 0.188 e. The Morgan fingerprint density at radius 3 is 1.70 bits per heavy atom. The maximum absolute atomic E-state index is 9.99. The molecule has 2 aliphatic heterocycles. The Balaban J connectivity index is 1.06. The van der Waals surface area contributed by atoms with E-state index in [2.05, 4.69) is 171 Å². The number of hydrogen-bond acceptors (Lipinski definition) is 6. The number of fused-ring (bicyclic) bond motifs is 17. The zero-order chi connectivity index (χ0) is 46.2. The highest BCUT2D eigenvalue weighted by molar-refractivity contribution is 7.99. The maximum Gasteiger partial charge on any atom is 0.188 e. The first kappa shape index (κ1) is 38.7. The highest BCUT2D eigenvalue weighted by atomic mass is 32.2. The van der Waals surface area contributed by atoms with Crippen LogP contribution in [0.3, 0.4) is 0 Å². The van der Waals surface area contributed by atoms with E-state index in [9.17, 15) is 5.26 Å². The Kier molecular flexibility index (Phi) is 7.90. The van der Waals surface area contributed by atoms with E-state index in [4.69, 9.17) is 21.3 Å². The molecule has 0 bridgehead atoms. The molecule has 3 aliphatic rings. The molecular formula is C61H33N7OS. The molecule has 15 rings (SSSR count). The molecule has 0 fully saturated rings. The van der Waals surface area contributed by atoms with Gasteiger partial charge in [0.2, 0.25) is 0 Å². The Bertz CT molecular complexity index is 4150. The van der Waals surface area contributed by atoms with Gasteiger partial charge < -0.3 is 18.8 Å². The van der Waals surface area contributed by atoms with Crippen LogP contribution in [0.5, 0.6) is 11.5 Å². The molecule has 1 aliphatic carbocycles. The van der Waals surface area contributed by atoms with Crippen molar-refractivity contribution >= 4 is 78.1 Å². The number of ether oxygens (including phenoxy) is 1. The van der Waals surface area contributed by atoms with Crippen LogP contribution >= 0.6 is 11.8 Å². The first-order chi connectivity index (χ1) is 34.6. The molecule has 0 radical (unpaired) electrons. The van der Waals surface area contributed by atoms with E-state index >= 15 is 0 Å². The van der Waals surface area contributed by atoms with Crippen LogP contribution in [0, 0.1) is 17.9 Å². The maximum atomic E-state index is 9.99. The Morgan fingerprint density at radius 2 is 1.04 bits per heavy atom. The van der Waals surface area contributed by atoms with Crippen molar-refractivity contribution in [2.45, 2.75) is 15.2 Å². The number of para-hydroxylation sites is 5. The summed E-state index contributed by atoms with van der Waals surface area (Å²) < 4.78 is 11.6. The van der Waals surface area contributed by atoms with Gasteiger partial charge in [0.1, 0.15) is 11.5 Å². The molecule has 1 unspecified atom stereocenters. The van der Waals surface area contributed by atoms with Crippen LogP contribution in [-0.2, 0) is 5.41 Å². The van der Waals surface area contributed by atoms with E-state index in [1.807, 2.05) is 54.9 Å². The van der Waals surface area contributed by atoms with Gasteiger partial charge in [-0.25, -0.2) is 4.85 Å². The Hall–Kier alpha value is -9.41. The van der Waals surface area contributed by atoms with Crippen LogP contribution in [0.4, 0.5) is 22.7 Å². The highest BCUT2D eigenvalue weighted by Crippen LogP contribution is 2.63. The van der Waals surface area contributed by atoms with Crippen LogP contribution in [-0.4, -0.2) is 19.1 Å². The van der Waals surface area contributed by atoms with Gasteiger partial charge >= 0.3 is 0 Å². The van der Waals surface area contributed by atoms with Crippen LogP contribution in [0.25, 0.3) is 71.2 Å². The van der Waals surface area contributed by atoms with Gasteiger partial charge in [0.05, 0.1) is 92.2 Å². The van der Waals surface area contributed by atoms with Gasteiger partial charge in [-0.2, -0.15) is 5.26 Å². The van der Waals surface area contributed by atoms with Crippen molar-refractivity contribution in [1.82, 2.24) is 19.1 Å². The van der Waals surface area contributed by atoms with Crippen molar-refractivity contribution in [3.63, 3.8) is 0 Å². The molecule has 8 nitrogen and oxygen atoms in total. The van der Waals surface area contributed by atoms with Crippen molar-refractivity contribution in [2.75, 3.05) is 4.90 Å². The summed E-state index contributed by atoms with van der Waals surface area (Å²) in [6, 6.07) is 67.8. The zero-order valence-electron chi connectivity index (χ0n) is 37.0. The minimum atomic E-state index is -0.983. The quantitative estimate of drug-likeness (QED) is 0.164. The van der Waals surface area contributed by atoms with E-state index in [-0.39, 0.29) is 0 Å². The van der Waals surface area contributed by atoms with Crippen molar-refractivity contribution in [1.29, 1.82) is 5.26 Å². The molecule has 0 saturated heterocycles. The van der Waals surface area contributed by atoms with Gasteiger partial charge in [0.15, 0.2) is 5.69 Å². The standard InChI is InChI=1S/C61H33N7OS/c1-63-37-23-26-52-44(29-37)42-13-3-6-16-50(42)68(52)40-32-48-60(65-35-40)59-47(31-39(34-64-59)67-49-15-5-2-12-41(49)43-28-36(33-62)22-25-51(43)67)61(48)45-14-4-9-19-55(45)69-56-27-24-38(30-46(56)61)66-53-17-7-10-20-57(53)70-58-21-11-8-18-54(58)66/h2-32,34-35H. The second-order valence-corrected chi connectivity index (χ2v) is 19.0. The minimum absolute atomic E-state index is 0.594. The van der Waals surface area contributed by atoms with Gasteiger partial charge in [0, 0.05) is 53.9 Å². The van der Waals surface area contributed by atoms with Crippen LogP contribution in [0.1, 0.15) is 27.8 Å². The molecule has 12 aromatic rings. The highest BCUT2D eigenvalue weighted by Gasteiger charge is 2.53. The predicted octanol–water partition coefficient (Wildman–Crippen LogP) is 15.5. The van der Waals surface area contributed by atoms with Crippen molar-refractivity contribution in [2.24, 2.45) is 0 Å². The minimum Gasteiger partial charge on any atom is -0.457 e. The van der Waals surface area contributed by atoms with E-state index in [1.54, 1.807) is 11.8 Å². The van der Waals surface area contributed by atoms with E-state index in [0.717, 1.165) is 117 Å². The lowest BCUT2D eigenvalue weighted by Gasteiger charge is -2.40. The van der Waals surface area contributed by atoms with Crippen molar-refractivity contribution in [3.05, 3.63) is 240 Å². The van der Waals surface area contributed by atoms with Crippen molar-refractivity contribution in [3.8, 4) is 40.3 Å². The fourth-order valence-corrected chi connectivity index (χ4v) is 12.7. The summed E-state index contributed by atoms with van der Waals surface area (Å²) in [5.74, 6) is 1.50. The topological polar surface area (TPSA) is 76.3 Å². The summed E-state index contributed by atoms with van der Waals surface area (Å²) in [6.45, 7) is 7.86. The average Bonchev–Trinajstić information content (AvgIpc) is 4.04. The van der Waals surface area contributed by atoms with Crippen LogP contribution < -0.4 is 9.64 Å². The third-order valence-electron chi connectivity index (χ3n) is 14.5. The number of anilines is 3. The van der Waals surface area contributed by atoms with Crippen molar-refractivity contribution < 1.29 is 4.74 Å². The molecule has 1 spiro atoms. The largest absolute Gasteiger partial charge is 0.457 e. The first-order valence-corrected chi connectivity index (χ1v) is 23.9. The van der Waals surface area contributed by atoms with Crippen LogP contribution in [0.15, 0.2) is 210 Å². The van der Waals surface area contributed by atoms with Gasteiger partial charge in [-0.05, 0) is 109 Å². The van der Waals surface area contributed by atoms with Crippen LogP contribution in [0.2, 0.25) is 0 Å². The number of aromatic nitrogens is 4. The van der Waals surface area contributed by atoms with Gasteiger partial charge in [-0.3, -0.25) is 9.97 Å². The zero-order valence-corrected chi connectivity index (χ0v) is 37.8. The summed E-state index contributed by atoms with van der Waals surface area (Å²) in [4.78, 5) is 19.4. The lowest BCUT2D eigenvalue weighted by molar-refractivity contribution is 0.436. The predicted molar refractivity (Wildman–Crippen MR) is 278 cm³/mol. The number of nitriles is 1. The summed E-state index contributed by atoms with van der Waals surface area (Å²) in [5, 5.41) is 14.1. The molecule has 8 aromatic carbocycles. The molecule has 6 heterocycles. The molecule has 0 amide bonds. The number of benzene rings is 8. The lowest BCUT2D eigenvalue weighted by atomic mass is 9.66. The lowest BCUT2D eigenvalue weighted by Crippen LogP contribution is -2.33. The summed E-state index contributed by atoms with van der Waals surface area (Å²) in [6.07, 6.45) is 3.93. The molecule has 0 saturated carbocycles. The monoisotopic (exact) mass is 911 g/mol. The second kappa shape index (κ2) is 14.3. The Labute approximate surface area is 405 Å². The first-order valence-electron chi connectivity index (χ1n) is 23.0. The molecule has 324 valence electrons. The second-order valence-electron chi connectivity index (χ2n) is 17.9. The molecule has 0 N–H and O–H groups in total. The third kappa shape index (κ3) is 5.13. The van der Waals surface area contributed by atoms with Gasteiger partial charge in [-0.1, -0.05) is 96.7 Å². The van der Waals surface area contributed by atoms with Gasteiger partial charge in [-0.15, -0.1) is 0 Å². The SMILES string of the molecule is [C-]#[N+]c1ccc2c(c1)c1ccccc1n2-c1cnc2c(c1)C1(c3ccccc3Oc3ccc(N4c5ccccc5Sc5ccccc54)cc31)c1cc(-n3c4ccccc4c4cc(C#N)ccc43)cnc1-2. The normalized spacial score (nSPS) is 14.9. The van der Waals surface area contributed by atoms with Gasteiger partial charge in [0.25, 0.3) is 0 Å². The average molecular weight is 912 g/mol. The fourth-order valence-electron chi connectivity index (χ4n) is 11.6. The molecule has 70 heavy (non-hydrogen) atoms. The number of nitrogens with zero attached hydrogens (tertiary/aromatic N) is 7.